The van der Waals surface area contributed by atoms with E-state index < -0.39 is 0 Å². The third-order valence-electron chi connectivity index (χ3n) is 4.59. The van der Waals surface area contributed by atoms with Crippen LogP contribution >= 0.6 is 15.9 Å². The largest absolute Gasteiger partial charge is 0.489 e. The molecule has 0 fully saturated rings. The Bertz CT molecular complexity index is 1150. The maximum Gasteiger partial charge on any atom is 0.248 e. The van der Waals surface area contributed by atoms with Crippen molar-refractivity contribution in [2.24, 2.45) is 0 Å². The molecular formula is C24H26BrFN4O3. The summed E-state index contributed by atoms with van der Waals surface area (Å²) in [6, 6.07) is 8.52. The Morgan fingerprint density at radius 3 is 2.79 bits per heavy atom. The van der Waals surface area contributed by atoms with Crippen LogP contribution in [0.15, 0.2) is 48.8 Å². The van der Waals surface area contributed by atoms with Crippen LogP contribution in [-0.2, 0) is 9.53 Å². The van der Waals surface area contributed by atoms with E-state index in [1.165, 1.54) is 12.4 Å². The van der Waals surface area contributed by atoms with Crippen molar-refractivity contribution >= 4 is 49.9 Å². The second kappa shape index (κ2) is 11.7. The van der Waals surface area contributed by atoms with Crippen LogP contribution in [0.1, 0.15) is 19.4 Å². The summed E-state index contributed by atoms with van der Waals surface area (Å²) in [5.74, 6) is 0.184. The van der Waals surface area contributed by atoms with Gasteiger partial charge in [-0.05, 0) is 38.5 Å². The summed E-state index contributed by atoms with van der Waals surface area (Å²) in [6.07, 6.45) is 4.58. The number of halogens is 2. The van der Waals surface area contributed by atoms with E-state index in [9.17, 15) is 9.18 Å². The summed E-state index contributed by atoms with van der Waals surface area (Å²) in [5.41, 5.74) is 1.84. The number of rotatable bonds is 10. The summed E-state index contributed by atoms with van der Waals surface area (Å²) in [7, 11) is 0. The molecule has 9 heteroatoms. The van der Waals surface area contributed by atoms with E-state index >= 15 is 0 Å². The maximum atomic E-state index is 14.5. The Morgan fingerprint density at radius 2 is 2.03 bits per heavy atom. The summed E-state index contributed by atoms with van der Waals surface area (Å²) >= 11 is 3.26. The lowest BCUT2D eigenvalue weighted by atomic mass is 10.1. The van der Waals surface area contributed by atoms with Crippen LogP contribution in [0.5, 0.6) is 5.75 Å². The van der Waals surface area contributed by atoms with Gasteiger partial charge in [0.1, 0.15) is 30.3 Å². The molecule has 33 heavy (non-hydrogen) atoms. The van der Waals surface area contributed by atoms with Crippen LogP contribution in [0, 0.1) is 12.7 Å². The van der Waals surface area contributed by atoms with E-state index in [1.807, 2.05) is 13.8 Å². The van der Waals surface area contributed by atoms with Gasteiger partial charge in [-0.15, -0.1) is 0 Å². The molecule has 174 valence electrons. The maximum absolute atomic E-state index is 14.5. The average molecular weight is 517 g/mol. The Balaban J connectivity index is 1.97. The highest BCUT2D eigenvalue weighted by Crippen LogP contribution is 2.34. The molecule has 3 aromatic rings. The second-order valence-electron chi connectivity index (χ2n) is 7.46. The first kappa shape index (κ1) is 24.6. The molecule has 0 spiro atoms. The number of nitrogens with one attached hydrogen (secondary N) is 2. The molecule has 2 aromatic carbocycles. The Labute approximate surface area is 200 Å². The number of ether oxygens (including phenoxy) is 2. The zero-order valence-electron chi connectivity index (χ0n) is 18.7. The van der Waals surface area contributed by atoms with Crippen molar-refractivity contribution in [3.8, 4) is 5.75 Å². The van der Waals surface area contributed by atoms with Gasteiger partial charge in [0.25, 0.3) is 0 Å². The van der Waals surface area contributed by atoms with Gasteiger partial charge in [0.15, 0.2) is 0 Å². The summed E-state index contributed by atoms with van der Waals surface area (Å²) in [4.78, 5) is 20.9. The van der Waals surface area contributed by atoms with E-state index in [0.29, 0.717) is 58.0 Å². The highest BCUT2D eigenvalue weighted by molar-refractivity contribution is 9.09. The van der Waals surface area contributed by atoms with Crippen LogP contribution in [-0.4, -0.2) is 40.5 Å². The Hall–Kier alpha value is -3.04. The summed E-state index contributed by atoms with van der Waals surface area (Å²) < 4.78 is 26.0. The fourth-order valence-electron chi connectivity index (χ4n) is 3.03. The minimum atomic E-state index is -0.359. The summed E-state index contributed by atoms with van der Waals surface area (Å²) in [6.45, 7) is 6.28. The van der Waals surface area contributed by atoms with Gasteiger partial charge in [-0.25, -0.2) is 14.4 Å². The number of benzene rings is 2. The first-order chi connectivity index (χ1) is 15.9. The SMILES string of the molecule is Cc1cccc(Nc2ncnc3cc(OCCOC(C)C)c(NC(=O)/C=C/CBr)cc23)c1F. The van der Waals surface area contributed by atoms with E-state index in [-0.39, 0.29) is 17.8 Å². The van der Waals surface area contributed by atoms with Crippen LogP contribution < -0.4 is 15.4 Å². The molecule has 0 aliphatic carbocycles. The molecule has 3 rings (SSSR count). The topological polar surface area (TPSA) is 85.4 Å². The molecular weight excluding hydrogens is 491 g/mol. The molecule has 0 unspecified atom stereocenters. The molecule has 0 bridgehead atoms. The number of hydrogen-bond donors (Lipinski definition) is 2. The number of anilines is 3. The zero-order chi connectivity index (χ0) is 23.8. The van der Waals surface area contributed by atoms with Crippen molar-refractivity contribution in [1.29, 1.82) is 0 Å². The lowest BCUT2D eigenvalue weighted by Crippen LogP contribution is -2.14. The van der Waals surface area contributed by atoms with Crippen LogP contribution in [0.4, 0.5) is 21.6 Å². The van der Waals surface area contributed by atoms with Crippen molar-refractivity contribution in [1.82, 2.24) is 9.97 Å². The fourth-order valence-corrected chi connectivity index (χ4v) is 3.22. The number of carbonyl (C=O) groups is 1. The lowest BCUT2D eigenvalue weighted by molar-refractivity contribution is -0.111. The third-order valence-corrected chi connectivity index (χ3v) is 4.96. The number of nitrogens with zero attached hydrogens (tertiary/aromatic N) is 2. The van der Waals surface area contributed by atoms with Crippen molar-refractivity contribution in [3.05, 3.63) is 60.2 Å². The number of carbonyl (C=O) groups excluding carboxylic acids is 1. The molecule has 1 amide bonds. The standard InChI is InChI=1S/C24H26BrFN4O3/c1-15(2)32-10-11-33-21-13-19-17(12-20(21)29-22(31)8-5-9-25)24(28-14-27-19)30-18-7-4-6-16(3)23(18)26/h4-8,12-15H,9-11H2,1-3H3,(H,29,31)(H,27,28,30)/b8-5+. The quantitative estimate of drug-likeness (QED) is 0.210. The second-order valence-corrected chi connectivity index (χ2v) is 8.11. The molecule has 1 heterocycles. The molecule has 1 aromatic heterocycles. The van der Waals surface area contributed by atoms with Crippen molar-refractivity contribution < 1.29 is 18.7 Å². The lowest BCUT2D eigenvalue weighted by Gasteiger charge is -2.16. The minimum Gasteiger partial charge on any atom is -0.489 e. The Morgan fingerprint density at radius 1 is 1.21 bits per heavy atom. The normalized spacial score (nSPS) is 11.3. The van der Waals surface area contributed by atoms with Crippen molar-refractivity contribution in [3.63, 3.8) is 0 Å². The van der Waals surface area contributed by atoms with E-state index in [1.54, 1.807) is 43.3 Å². The van der Waals surface area contributed by atoms with Crippen molar-refractivity contribution in [2.45, 2.75) is 26.9 Å². The molecule has 0 atom stereocenters. The van der Waals surface area contributed by atoms with Gasteiger partial charge < -0.3 is 20.1 Å². The molecule has 0 aliphatic heterocycles. The number of amides is 1. The average Bonchev–Trinajstić information content (AvgIpc) is 2.78. The van der Waals surface area contributed by atoms with Gasteiger partial charge in [0.2, 0.25) is 5.91 Å². The van der Waals surface area contributed by atoms with Gasteiger partial charge in [-0.3, -0.25) is 4.79 Å². The van der Waals surface area contributed by atoms with Gasteiger partial charge in [-0.1, -0.05) is 34.1 Å². The highest BCUT2D eigenvalue weighted by atomic mass is 79.9. The molecule has 0 saturated carbocycles. The predicted molar refractivity (Wildman–Crippen MR) is 132 cm³/mol. The number of allylic oxidation sites excluding steroid dienone is 1. The van der Waals surface area contributed by atoms with Crippen LogP contribution in [0.25, 0.3) is 10.9 Å². The van der Waals surface area contributed by atoms with Gasteiger partial charge >= 0.3 is 0 Å². The zero-order valence-corrected chi connectivity index (χ0v) is 20.3. The van der Waals surface area contributed by atoms with Crippen LogP contribution in [0.2, 0.25) is 0 Å². The van der Waals surface area contributed by atoms with E-state index in [4.69, 9.17) is 9.47 Å². The number of fused-ring (bicyclic) bond motifs is 1. The van der Waals surface area contributed by atoms with E-state index in [2.05, 4.69) is 36.5 Å². The molecule has 0 saturated heterocycles. The first-order valence-corrected chi connectivity index (χ1v) is 11.6. The highest BCUT2D eigenvalue weighted by Gasteiger charge is 2.14. The first-order valence-electron chi connectivity index (χ1n) is 10.5. The Kier molecular flexibility index (Phi) is 8.73. The van der Waals surface area contributed by atoms with E-state index in [0.717, 1.165) is 0 Å². The molecule has 0 aliphatic rings. The number of aryl methyl sites for hydroxylation is 1. The van der Waals surface area contributed by atoms with Gasteiger partial charge in [0.05, 0.1) is 29.6 Å². The fraction of sp³-hybridized carbons (Fsp3) is 0.292. The van der Waals surface area contributed by atoms with Gasteiger partial charge in [-0.2, -0.15) is 0 Å². The molecule has 7 nitrogen and oxygen atoms in total. The predicted octanol–water partition coefficient (Wildman–Crippen LogP) is 5.51. The van der Waals surface area contributed by atoms with Gasteiger partial charge in [0, 0.05) is 22.9 Å². The number of hydrogen-bond acceptors (Lipinski definition) is 6. The molecule has 0 radical (unpaired) electrons. The smallest absolute Gasteiger partial charge is 0.248 e. The summed E-state index contributed by atoms with van der Waals surface area (Å²) in [5, 5.41) is 7.02. The number of alkyl halides is 1. The molecule has 2 N–H and O–H groups in total. The third kappa shape index (κ3) is 6.72. The van der Waals surface area contributed by atoms with Crippen LogP contribution in [0.3, 0.4) is 0 Å². The monoisotopic (exact) mass is 516 g/mol. The van der Waals surface area contributed by atoms with Crippen molar-refractivity contribution in [2.75, 3.05) is 29.2 Å². The number of aromatic nitrogens is 2. The minimum absolute atomic E-state index is 0.0853.